The van der Waals surface area contributed by atoms with Crippen LogP contribution in [0.15, 0.2) is 59.4 Å². The number of benzene rings is 2. The molecule has 0 saturated carbocycles. The van der Waals surface area contributed by atoms with E-state index < -0.39 is 6.10 Å². The van der Waals surface area contributed by atoms with Gasteiger partial charge in [-0.25, -0.2) is 9.66 Å². The maximum Gasteiger partial charge on any atom is 0.280 e. The highest BCUT2D eigenvalue weighted by Gasteiger charge is 2.38. The Kier molecular flexibility index (Phi) is 3.16. The van der Waals surface area contributed by atoms with E-state index in [1.54, 1.807) is 19.1 Å². The van der Waals surface area contributed by atoms with Gasteiger partial charge in [0.15, 0.2) is 5.82 Å². The third-order valence-electron chi connectivity index (χ3n) is 4.18. The van der Waals surface area contributed by atoms with Crippen LogP contribution in [0, 0.1) is 0 Å². The van der Waals surface area contributed by atoms with E-state index in [0.717, 1.165) is 12.1 Å². The molecule has 3 aromatic rings. The summed E-state index contributed by atoms with van der Waals surface area (Å²) in [6.07, 6.45) is -0.815. The van der Waals surface area contributed by atoms with Gasteiger partial charge in [0.25, 0.3) is 5.56 Å². The molecule has 0 spiro atoms. The Morgan fingerprint density at radius 2 is 1.83 bits per heavy atom. The summed E-state index contributed by atoms with van der Waals surface area (Å²) in [5.74, 6) is 0.382. The molecule has 0 amide bonds. The summed E-state index contributed by atoms with van der Waals surface area (Å²) in [4.78, 5) is 17.4. The van der Waals surface area contributed by atoms with Crippen LogP contribution >= 0.6 is 0 Å². The van der Waals surface area contributed by atoms with Crippen molar-refractivity contribution in [2.24, 2.45) is 0 Å². The zero-order valence-corrected chi connectivity index (χ0v) is 12.8. The van der Waals surface area contributed by atoms with Gasteiger partial charge in [0.1, 0.15) is 6.10 Å². The molecule has 2 aromatic carbocycles. The van der Waals surface area contributed by atoms with Crippen LogP contribution in [0.4, 0.5) is 0 Å². The van der Waals surface area contributed by atoms with Crippen LogP contribution in [-0.2, 0) is 0 Å². The summed E-state index contributed by atoms with van der Waals surface area (Å²) < 4.78 is 1.53. The van der Waals surface area contributed by atoms with Gasteiger partial charge in [-0.05, 0) is 24.6 Å². The minimum absolute atomic E-state index is 0.134. The molecule has 1 N–H and O–H groups in total. The first-order valence-electron chi connectivity index (χ1n) is 7.68. The summed E-state index contributed by atoms with van der Waals surface area (Å²) in [5, 5.41) is 12.6. The number of aliphatic hydroxyl groups is 1. The molecular weight excluding hydrogens is 290 g/mol. The van der Waals surface area contributed by atoms with Gasteiger partial charge < -0.3 is 5.11 Å². The zero-order chi connectivity index (χ0) is 16.0. The van der Waals surface area contributed by atoms with E-state index in [-0.39, 0.29) is 11.6 Å². The maximum atomic E-state index is 12.9. The first kappa shape index (κ1) is 14.0. The number of hydrogen-bond donors (Lipinski definition) is 1. The van der Waals surface area contributed by atoms with Crippen LogP contribution in [-0.4, -0.2) is 21.3 Å². The predicted molar refractivity (Wildman–Crippen MR) is 88.9 cm³/mol. The third kappa shape index (κ3) is 2.29. The van der Waals surface area contributed by atoms with Gasteiger partial charge in [-0.2, -0.15) is 0 Å². The number of hydrogen-bond acceptors (Lipinski definition) is 4. The highest BCUT2D eigenvalue weighted by molar-refractivity contribution is 5.77. The van der Waals surface area contributed by atoms with Crippen LogP contribution in [0.1, 0.15) is 30.5 Å². The molecule has 5 nitrogen and oxygen atoms in total. The van der Waals surface area contributed by atoms with Crippen LogP contribution < -0.4 is 10.6 Å². The molecular formula is C18H17N3O2. The Hall–Kier alpha value is -2.66. The lowest BCUT2D eigenvalue weighted by atomic mass is 10.2. The van der Waals surface area contributed by atoms with E-state index in [4.69, 9.17) is 0 Å². The molecule has 2 atom stereocenters. The third-order valence-corrected chi connectivity index (χ3v) is 4.18. The fraction of sp³-hybridized carbons (Fsp3) is 0.222. The number of fused-ring (bicyclic) bond motifs is 1. The topological polar surface area (TPSA) is 58.1 Å². The Balaban J connectivity index is 1.85. The molecule has 4 rings (SSSR count). The first-order chi connectivity index (χ1) is 11.2. The van der Waals surface area contributed by atoms with Crippen LogP contribution in [0.25, 0.3) is 10.9 Å². The second-order valence-electron chi connectivity index (χ2n) is 5.83. The fourth-order valence-electron chi connectivity index (χ4n) is 2.96. The molecule has 0 radical (unpaired) electrons. The van der Waals surface area contributed by atoms with Gasteiger partial charge >= 0.3 is 0 Å². The normalized spacial score (nSPS) is 18.2. The smallest absolute Gasteiger partial charge is 0.280 e. The Labute approximate surface area is 133 Å². The van der Waals surface area contributed by atoms with E-state index in [9.17, 15) is 9.90 Å². The number of para-hydroxylation sites is 1. The van der Waals surface area contributed by atoms with Crippen molar-refractivity contribution in [2.45, 2.75) is 19.1 Å². The van der Waals surface area contributed by atoms with E-state index in [1.807, 2.05) is 47.5 Å². The van der Waals surface area contributed by atoms with Crippen LogP contribution in [0.2, 0.25) is 0 Å². The molecule has 1 saturated heterocycles. The monoisotopic (exact) mass is 307 g/mol. The molecule has 1 aliphatic heterocycles. The number of nitrogens with zero attached hydrogens (tertiary/aromatic N) is 3. The van der Waals surface area contributed by atoms with Crippen LogP contribution in [0.3, 0.4) is 0 Å². The van der Waals surface area contributed by atoms with E-state index in [1.165, 1.54) is 4.68 Å². The lowest BCUT2D eigenvalue weighted by Gasteiger charge is -2.17. The van der Waals surface area contributed by atoms with Crippen molar-refractivity contribution in [3.8, 4) is 0 Å². The lowest BCUT2D eigenvalue weighted by molar-refractivity contribution is 0.183. The van der Waals surface area contributed by atoms with Gasteiger partial charge in [0.2, 0.25) is 0 Å². The average Bonchev–Trinajstić information content (AvgIpc) is 3.36. The molecule has 5 heteroatoms. The second-order valence-corrected chi connectivity index (χ2v) is 5.83. The molecule has 0 unspecified atom stereocenters. The molecule has 2 heterocycles. The van der Waals surface area contributed by atoms with Crippen molar-refractivity contribution in [3.63, 3.8) is 0 Å². The Morgan fingerprint density at radius 1 is 1.13 bits per heavy atom. The molecule has 1 aromatic heterocycles. The van der Waals surface area contributed by atoms with Gasteiger partial charge in [-0.1, -0.05) is 42.5 Å². The van der Waals surface area contributed by atoms with Crippen molar-refractivity contribution >= 4 is 10.9 Å². The summed E-state index contributed by atoms with van der Waals surface area (Å²) in [6.45, 7) is 2.37. The molecule has 1 fully saturated rings. The summed E-state index contributed by atoms with van der Waals surface area (Å²) in [6, 6.07) is 17.4. The fourth-order valence-corrected chi connectivity index (χ4v) is 2.96. The Morgan fingerprint density at radius 3 is 2.57 bits per heavy atom. The second kappa shape index (κ2) is 5.21. The molecule has 116 valence electrons. The quantitative estimate of drug-likeness (QED) is 0.753. The van der Waals surface area contributed by atoms with Crippen molar-refractivity contribution in [1.82, 2.24) is 9.66 Å². The van der Waals surface area contributed by atoms with Gasteiger partial charge in [-0.15, -0.1) is 0 Å². The molecule has 23 heavy (non-hydrogen) atoms. The van der Waals surface area contributed by atoms with E-state index in [0.29, 0.717) is 16.7 Å². The summed E-state index contributed by atoms with van der Waals surface area (Å²) in [5.41, 5.74) is 1.64. The highest BCUT2D eigenvalue weighted by atomic mass is 16.3. The standard InChI is InChI=1S/C18H17N3O2/c1-12(22)17-19-15-10-6-5-9-14(15)18(23)21(17)20-11-16(20)13-7-3-2-4-8-13/h2-10,12,16,22H,11H2,1H3/t12-,16+,20?/m0/s1. The van der Waals surface area contributed by atoms with Crippen molar-refractivity contribution < 1.29 is 5.11 Å². The minimum atomic E-state index is -0.815. The molecule has 0 bridgehead atoms. The van der Waals surface area contributed by atoms with Crippen LogP contribution in [0.5, 0.6) is 0 Å². The van der Waals surface area contributed by atoms with E-state index >= 15 is 0 Å². The van der Waals surface area contributed by atoms with Gasteiger partial charge in [0.05, 0.1) is 23.5 Å². The Bertz CT molecular complexity index is 918. The van der Waals surface area contributed by atoms with Crippen molar-refractivity contribution in [1.29, 1.82) is 0 Å². The molecule has 0 aliphatic carbocycles. The zero-order valence-electron chi connectivity index (χ0n) is 12.8. The van der Waals surface area contributed by atoms with Crippen molar-refractivity contribution in [3.05, 3.63) is 76.3 Å². The minimum Gasteiger partial charge on any atom is -0.385 e. The largest absolute Gasteiger partial charge is 0.385 e. The van der Waals surface area contributed by atoms with Gasteiger partial charge in [-0.3, -0.25) is 9.80 Å². The first-order valence-corrected chi connectivity index (χ1v) is 7.68. The average molecular weight is 307 g/mol. The summed E-state index contributed by atoms with van der Waals surface area (Å²) >= 11 is 0. The number of aliphatic hydroxyl groups excluding tert-OH is 1. The highest BCUT2D eigenvalue weighted by Crippen LogP contribution is 2.33. The maximum absolute atomic E-state index is 12.9. The number of rotatable bonds is 3. The van der Waals surface area contributed by atoms with Gasteiger partial charge in [0, 0.05) is 0 Å². The van der Waals surface area contributed by atoms with Crippen molar-refractivity contribution in [2.75, 3.05) is 11.6 Å². The summed E-state index contributed by atoms with van der Waals surface area (Å²) in [7, 11) is 0. The molecule has 1 aliphatic rings. The predicted octanol–water partition coefficient (Wildman–Crippen LogP) is 2.14. The SMILES string of the molecule is C[C@H](O)c1nc2ccccc2c(=O)n1N1C[C@@H]1c1ccccc1. The lowest BCUT2D eigenvalue weighted by Crippen LogP contribution is -2.34. The number of aromatic nitrogens is 2. The van der Waals surface area contributed by atoms with E-state index in [2.05, 4.69) is 4.98 Å².